The van der Waals surface area contributed by atoms with Crippen molar-refractivity contribution in [3.8, 4) is 0 Å². The number of hydrogen-bond acceptors (Lipinski definition) is 6. The molecule has 0 aliphatic carbocycles. The Hall–Kier alpha value is -1.14. The lowest BCUT2D eigenvalue weighted by atomic mass is 9.93. The number of rotatable bonds is 3. The highest BCUT2D eigenvalue weighted by molar-refractivity contribution is 5.66. The van der Waals surface area contributed by atoms with Gasteiger partial charge < -0.3 is 18.9 Å². The number of carbonyl (C=O) groups is 2. The Morgan fingerprint density at radius 3 is 2.83 bits per heavy atom. The lowest BCUT2D eigenvalue weighted by Crippen LogP contribution is -2.47. The molecule has 0 spiro atoms. The van der Waals surface area contributed by atoms with E-state index in [1.54, 1.807) is 0 Å². The van der Waals surface area contributed by atoms with Gasteiger partial charge in [-0.15, -0.1) is 0 Å². The maximum absolute atomic E-state index is 11.1. The van der Waals surface area contributed by atoms with Crippen molar-refractivity contribution in [1.82, 2.24) is 0 Å². The van der Waals surface area contributed by atoms with Gasteiger partial charge in [-0.25, -0.2) is 0 Å². The molecular weight excluding hydrogens is 240 g/mol. The molecule has 6 nitrogen and oxygen atoms in total. The van der Waals surface area contributed by atoms with Crippen LogP contribution in [0.4, 0.5) is 0 Å². The summed E-state index contributed by atoms with van der Waals surface area (Å²) in [5, 5.41) is 0. The molecule has 0 amide bonds. The Labute approximate surface area is 107 Å². The molecule has 0 aromatic carbocycles. The second kappa shape index (κ2) is 5.67. The van der Waals surface area contributed by atoms with Crippen LogP contribution in [0.5, 0.6) is 0 Å². The molecular formula is C12H18O6. The van der Waals surface area contributed by atoms with Crippen molar-refractivity contribution in [2.24, 2.45) is 5.92 Å². The van der Waals surface area contributed by atoms with E-state index in [9.17, 15) is 9.59 Å². The predicted molar refractivity (Wildman–Crippen MR) is 59.5 cm³/mol. The number of ether oxygens (including phenoxy) is 4. The smallest absolute Gasteiger partial charge is 0.302 e. The highest BCUT2D eigenvalue weighted by atomic mass is 16.7. The van der Waals surface area contributed by atoms with Crippen LogP contribution >= 0.6 is 0 Å². The third-order valence-corrected chi connectivity index (χ3v) is 2.95. The molecule has 0 bridgehead atoms. The number of fused-ring (bicyclic) bond motifs is 1. The first-order valence-electron chi connectivity index (χ1n) is 6.56. The Kier molecular flexibility index (Phi) is 3.75. The summed E-state index contributed by atoms with van der Waals surface area (Å²) < 4.78 is 29.3. The van der Waals surface area contributed by atoms with E-state index in [1.165, 1.54) is 13.8 Å². The monoisotopic (exact) mass is 259 g/mol. The predicted octanol–water partition coefficient (Wildman–Crippen LogP) is 0.633. The van der Waals surface area contributed by atoms with Crippen LogP contribution in [0.3, 0.4) is 0 Å². The van der Waals surface area contributed by atoms with E-state index in [2.05, 4.69) is 0 Å². The van der Waals surface area contributed by atoms with E-state index >= 15 is 0 Å². The zero-order chi connectivity index (χ0) is 14.0. The molecule has 0 N–H and O–H groups in total. The van der Waals surface area contributed by atoms with Crippen LogP contribution in [0.1, 0.15) is 28.0 Å². The van der Waals surface area contributed by atoms with Crippen LogP contribution in [0.2, 0.25) is 0 Å². The molecule has 102 valence electrons. The fourth-order valence-corrected chi connectivity index (χ4v) is 2.16. The van der Waals surface area contributed by atoms with E-state index in [4.69, 9.17) is 20.3 Å². The van der Waals surface area contributed by atoms with Gasteiger partial charge in [0.15, 0.2) is 6.29 Å². The van der Waals surface area contributed by atoms with Crippen molar-refractivity contribution in [3.63, 3.8) is 0 Å². The summed E-state index contributed by atoms with van der Waals surface area (Å²) in [5.41, 5.74) is 0. The van der Waals surface area contributed by atoms with E-state index in [0.717, 1.165) is 0 Å². The standard InChI is InChI=1S/C12H18O6/c1-7(13)16-6-11-10(17-8(2)14)5-9-3-4-15-12(9)18-11/h9-12H,3-6H2,1-2H3/t9-,10+,11-,12+/m1/s1/i5D/t5-,9-,10+,11-,12+. The summed E-state index contributed by atoms with van der Waals surface area (Å²) in [6, 6.07) is 0. The first kappa shape index (κ1) is 11.9. The van der Waals surface area contributed by atoms with Gasteiger partial charge in [0, 0.05) is 21.1 Å². The van der Waals surface area contributed by atoms with Crippen molar-refractivity contribution in [2.45, 2.75) is 45.2 Å². The Morgan fingerprint density at radius 1 is 1.39 bits per heavy atom. The lowest BCUT2D eigenvalue weighted by Gasteiger charge is -2.36. The zero-order valence-corrected chi connectivity index (χ0v) is 10.5. The minimum absolute atomic E-state index is 0.0464. The number of carbonyl (C=O) groups excluding carboxylic acids is 2. The summed E-state index contributed by atoms with van der Waals surface area (Å²) in [7, 11) is 0. The van der Waals surface area contributed by atoms with Gasteiger partial charge in [-0.2, -0.15) is 0 Å². The largest absolute Gasteiger partial charge is 0.463 e. The average molecular weight is 259 g/mol. The zero-order valence-electron chi connectivity index (χ0n) is 11.5. The molecule has 2 fully saturated rings. The maximum atomic E-state index is 11.1. The third-order valence-electron chi connectivity index (χ3n) is 2.95. The topological polar surface area (TPSA) is 71.1 Å². The van der Waals surface area contributed by atoms with E-state index in [-0.39, 0.29) is 12.5 Å². The molecule has 2 rings (SSSR count). The molecule has 2 aliphatic heterocycles. The minimum Gasteiger partial charge on any atom is -0.463 e. The third kappa shape index (κ3) is 3.20. The van der Waals surface area contributed by atoms with Gasteiger partial charge in [0.2, 0.25) is 0 Å². The Morgan fingerprint density at radius 2 is 2.17 bits per heavy atom. The molecule has 0 saturated carbocycles. The van der Waals surface area contributed by atoms with Crippen molar-refractivity contribution in [1.29, 1.82) is 0 Å². The van der Waals surface area contributed by atoms with E-state index < -0.39 is 36.8 Å². The SMILES string of the molecule is [2H][C@@H]1[C@H]2CCO[C@H]2O[C@H](COC(C)=O)[C@H]1OC(C)=O. The summed E-state index contributed by atoms with van der Waals surface area (Å²) in [6.07, 6.45) is -1.80. The summed E-state index contributed by atoms with van der Waals surface area (Å²) >= 11 is 0. The first-order chi connectivity index (χ1) is 8.99. The van der Waals surface area contributed by atoms with Crippen LogP contribution in [-0.4, -0.2) is 43.7 Å². The number of esters is 2. The van der Waals surface area contributed by atoms with E-state index in [1.807, 2.05) is 0 Å². The van der Waals surface area contributed by atoms with Gasteiger partial charge in [-0.1, -0.05) is 0 Å². The van der Waals surface area contributed by atoms with Gasteiger partial charge in [-0.05, 0) is 12.8 Å². The first-order valence-corrected chi connectivity index (χ1v) is 5.99. The maximum Gasteiger partial charge on any atom is 0.302 e. The Balaban J connectivity index is 2.07. The fraction of sp³-hybridized carbons (Fsp3) is 0.833. The van der Waals surface area contributed by atoms with Gasteiger partial charge in [0.25, 0.3) is 0 Å². The molecule has 6 heteroatoms. The highest BCUT2D eigenvalue weighted by Crippen LogP contribution is 2.34. The van der Waals surface area contributed by atoms with Crippen LogP contribution in [0, 0.1) is 5.92 Å². The van der Waals surface area contributed by atoms with Gasteiger partial charge in [0.1, 0.15) is 18.8 Å². The quantitative estimate of drug-likeness (QED) is 0.692. The van der Waals surface area contributed by atoms with Gasteiger partial charge in [0.05, 0.1) is 6.61 Å². The second-order valence-corrected chi connectivity index (χ2v) is 4.44. The molecule has 2 aliphatic rings. The summed E-state index contributed by atoms with van der Waals surface area (Å²) in [5.74, 6) is -1.03. The van der Waals surface area contributed by atoms with Crippen molar-refractivity contribution < 1.29 is 29.9 Å². The van der Waals surface area contributed by atoms with Crippen LogP contribution in [0.15, 0.2) is 0 Å². The van der Waals surface area contributed by atoms with E-state index in [0.29, 0.717) is 13.0 Å². The Bertz CT molecular complexity index is 360. The minimum atomic E-state index is -0.736. The second-order valence-electron chi connectivity index (χ2n) is 4.44. The van der Waals surface area contributed by atoms with Gasteiger partial charge >= 0.3 is 11.9 Å². The molecule has 0 unspecified atom stereocenters. The highest BCUT2D eigenvalue weighted by Gasteiger charge is 2.43. The molecule has 0 aromatic rings. The van der Waals surface area contributed by atoms with Crippen LogP contribution < -0.4 is 0 Å². The fourth-order valence-electron chi connectivity index (χ4n) is 2.16. The van der Waals surface area contributed by atoms with Crippen molar-refractivity contribution >= 4 is 11.9 Å². The average Bonchev–Trinajstić information content (AvgIpc) is 2.78. The summed E-state index contributed by atoms with van der Waals surface area (Å²) in [6.45, 7) is 3.05. The number of hydrogen-bond donors (Lipinski definition) is 0. The van der Waals surface area contributed by atoms with Crippen LogP contribution in [-0.2, 0) is 28.5 Å². The molecule has 18 heavy (non-hydrogen) atoms. The summed E-state index contributed by atoms with van der Waals surface area (Å²) in [4.78, 5) is 22.0. The lowest BCUT2D eigenvalue weighted by molar-refractivity contribution is -0.235. The normalized spacial score (nSPS) is 39.7. The molecule has 2 heterocycles. The molecule has 5 atom stereocenters. The van der Waals surface area contributed by atoms with Crippen LogP contribution in [0.25, 0.3) is 0 Å². The van der Waals surface area contributed by atoms with Crippen molar-refractivity contribution in [3.05, 3.63) is 0 Å². The molecule has 0 radical (unpaired) electrons. The molecule has 2 saturated heterocycles. The van der Waals surface area contributed by atoms with Gasteiger partial charge in [-0.3, -0.25) is 9.59 Å². The molecule has 0 aromatic heterocycles. The van der Waals surface area contributed by atoms with Crippen molar-refractivity contribution in [2.75, 3.05) is 13.2 Å².